The quantitative estimate of drug-likeness (QED) is 0.214. The van der Waals surface area contributed by atoms with E-state index >= 15 is 0 Å². The number of carboxylic acid groups (broad SMARTS) is 3. The van der Waals surface area contributed by atoms with Gasteiger partial charge in [-0.1, -0.05) is 0 Å². The van der Waals surface area contributed by atoms with Gasteiger partial charge in [0, 0.05) is 6.54 Å². The summed E-state index contributed by atoms with van der Waals surface area (Å²) in [7, 11) is 0. The Morgan fingerprint density at radius 3 is 2.10 bits per heavy atom. The molecule has 2 aliphatic heterocycles. The highest BCUT2D eigenvalue weighted by atomic mass is 16.4. The van der Waals surface area contributed by atoms with Crippen molar-refractivity contribution in [3.8, 4) is 0 Å². The first-order valence-corrected chi connectivity index (χ1v) is 9.91. The second-order valence-electron chi connectivity index (χ2n) is 7.49. The van der Waals surface area contributed by atoms with E-state index in [4.69, 9.17) is 10.2 Å². The van der Waals surface area contributed by atoms with Crippen LogP contribution in [0, 0.1) is 0 Å². The summed E-state index contributed by atoms with van der Waals surface area (Å²) in [5.74, 6) is -6.56. The first-order valence-electron chi connectivity index (χ1n) is 9.91. The van der Waals surface area contributed by atoms with Gasteiger partial charge in [0.15, 0.2) is 0 Å². The summed E-state index contributed by atoms with van der Waals surface area (Å²) in [5.41, 5.74) is 0. The van der Waals surface area contributed by atoms with Crippen LogP contribution in [0.5, 0.6) is 0 Å². The molecule has 4 unspecified atom stereocenters. The topological polar surface area (TPSA) is 202 Å². The zero-order valence-electron chi connectivity index (χ0n) is 16.7. The van der Waals surface area contributed by atoms with E-state index in [1.807, 2.05) is 0 Å². The molecule has 0 spiro atoms. The fourth-order valence-electron chi connectivity index (χ4n) is 3.70. The minimum atomic E-state index is -1.61. The molecular formula is C18H26N4O9. The van der Waals surface area contributed by atoms with Crippen LogP contribution in [0.1, 0.15) is 38.5 Å². The number of nitrogens with zero attached hydrogens (tertiary/aromatic N) is 1. The molecule has 31 heavy (non-hydrogen) atoms. The van der Waals surface area contributed by atoms with E-state index in [1.54, 1.807) is 0 Å². The smallest absolute Gasteiger partial charge is 0.326 e. The molecule has 0 aromatic rings. The summed E-state index contributed by atoms with van der Waals surface area (Å²) < 4.78 is 0. The summed E-state index contributed by atoms with van der Waals surface area (Å²) in [5, 5.41) is 34.9. The number of hydrogen-bond donors (Lipinski definition) is 6. The average Bonchev–Trinajstić information content (AvgIpc) is 3.37. The normalized spacial score (nSPS) is 22.4. The molecule has 4 atom stereocenters. The molecule has 2 rings (SSSR count). The van der Waals surface area contributed by atoms with Gasteiger partial charge in [-0.2, -0.15) is 0 Å². The van der Waals surface area contributed by atoms with Crippen LogP contribution in [0.2, 0.25) is 0 Å². The van der Waals surface area contributed by atoms with E-state index in [9.17, 15) is 33.9 Å². The van der Waals surface area contributed by atoms with E-state index in [2.05, 4.69) is 16.0 Å². The fraction of sp³-hybridized carbons (Fsp3) is 0.667. The maximum Gasteiger partial charge on any atom is 0.326 e. The van der Waals surface area contributed by atoms with Crippen LogP contribution < -0.4 is 16.0 Å². The van der Waals surface area contributed by atoms with Gasteiger partial charge in [-0.15, -0.1) is 0 Å². The molecule has 2 fully saturated rings. The zero-order chi connectivity index (χ0) is 23.1. The van der Waals surface area contributed by atoms with Crippen molar-refractivity contribution in [2.24, 2.45) is 0 Å². The Bertz CT molecular complexity index is 750. The summed E-state index contributed by atoms with van der Waals surface area (Å²) >= 11 is 0. The Morgan fingerprint density at radius 2 is 1.55 bits per heavy atom. The molecule has 2 heterocycles. The molecule has 0 aromatic heterocycles. The van der Waals surface area contributed by atoms with Gasteiger partial charge in [0.1, 0.15) is 18.1 Å². The van der Waals surface area contributed by atoms with Crippen LogP contribution in [-0.2, 0) is 28.8 Å². The van der Waals surface area contributed by atoms with Crippen LogP contribution in [0.25, 0.3) is 0 Å². The SMILES string of the molecule is O=C(O)CC(NC(=O)C1CCCN1)C(=O)NC(CC(=O)O)C(=O)N1CCCC1C(=O)O. The predicted octanol–water partition coefficient (Wildman–Crippen LogP) is -2.27. The summed E-state index contributed by atoms with van der Waals surface area (Å²) in [6, 6.07) is -4.86. The van der Waals surface area contributed by atoms with E-state index in [-0.39, 0.29) is 13.0 Å². The molecular weight excluding hydrogens is 416 g/mol. The Labute approximate surface area is 177 Å². The number of nitrogens with one attached hydrogen (secondary N) is 3. The maximum atomic E-state index is 12.8. The average molecular weight is 442 g/mol. The van der Waals surface area contributed by atoms with Crippen molar-refractivity contribution in [3.05, 3.63) is 0 Å². The molecule has 13 nitrogen and oxygen atoms in total. The van der Waals surface area contributed by atoms with Gasteiger partial charge < -0.3 is 36.2 Å². The lowest BCUT2D eigenvalue weighted by Crippen LogP contribution is -2.57. The highest BCUT2D eigenvalue weighted by Crippen LogP contribution is 2.19. The molecule has 172 valence electrons. The van der Waals surface area contributed by atoms with E-state index < -0.39 is 72.6 Å². The molecule has 0 radical (unpaired) electrons. The minimum Gasteiger partial charge on any atom is -0.481 e. The first kappa shape index (κ1) is 24.1. The molecule has 2 aliphatic rings. The van der Waals surface area contributed by atoms with Gasteiger partial charge in [-0.05, 0) is 32.2 Å². The second-order valence-corrected chi connectivity index (χ2v) is 7.49. The van der Waals surface area contributed by atoms with Gasteiger partial charge in [-0.25, -0.2) is 4.79 Å². The molecule has 0 bridgehead atoms. The maximum absolute atomic E-state index is 12.8. The van der Waals surface area contributed by atoms with Gasteiger partial charge >= 0.3 is 17.9 Å². The van der Waals surface area contributed by atoms with Gasteiger partial charge in [0.05, 0.1) is 18.9 Å². The van der Waals surface area contributed by atoms with Crippen LogP contribution in [0.15, 0.2) is 0 Å². The predicted molar refractivity (Wildman–Crippen MR) is 102 cm³/mol. The van der Waals surface area contributed by atoms with Gasteiger partial charge in [-0.3, -0.25) is 24.0 Å². The number of rotatable bonds is 10. The van der Waals surface area contributed by atoms with Gasteiger partial charge in [0.2, 0.25) is 17.7 Å². The van der Waals surface area contributed by atoms with Crippen molar-refractivity contribution < 1.29 is 44.1 Å². The van der Waals surface area contributed by atoms with Crippen molar-refractivity contribution in [1.82, 2.24) is 20.9 Å². The minimum absolute atomic E-state index is 0.0877. The number of carboxylic acids is 3. The Balaban J connectivity index is 2.13. The molecule has 3 amide bonds. The lowest BCUT2D eigenvalue weighted by atomic mass is 10.1. The molecule has 2 saturated heterocycles. The number of aliphatic carboxylic acids is 3. The Hall–Kier alpha value is -3.22. The number of amides is 3. The van der Waals surface area contributed by atoms with Crippen molar-refractivity contribution in [2.75, 3.05) is 13.1 Å². The fourth-order valence-corrected chi connectivity index (χ4v) is 3.70. The second kappa shape index (κ2) is 10.7. The molecule has 13 heteroatoms. The largest absolute Gasteiger partial charge is 0.481 e. The third-order valence-corrected chi connectivity index (χ3v) is 5.20. The third kappa shape index (κ3) is 6.64. The highest BCUT2D eigenvalue weighted by Gasteiger charge is 2.39. The molecule has 0 aromatic carbocycles. The van der Waals surface area contributed by atoms with Crippen LogP contribution in [-0.4, -0.2) is 93.1 Å². The third-order valence-electron chi connectivity index (χ3n) is 5.20. The molecule has 0 aliphatic carbocycles. The first-order chi connectivity index (χ1) is 14.6. The monoisotopic (exact) mass is 442 g/mol. The van der Waals surface area contributed by atoms with Gasteiger partial charge in [0.25, 0.3) is 0 Å². The molecule has 6 N–H and O–H groups in total. The number of carbonyl (C=O) groups is 6. The lowest BCUT2D eigenvalue weighted by molar-refractivity contribution is -0.151. The summed E-state index contributed by atoms with van der Waals surface area (Å²) in [6.45, 7) is 0.689. The van der Waals surface area contributed by atoms with Crippen LogP contribution in [0.3, 0.4) is 0 Å². The van der Waals surface area contributed by atoms with Crippen LogP contribution >= 0.6 is 0 Å². The van der Waals surface area contributed by atoms with Crippen LogP contribution in [0.4, 0.5) is 0 Å². The number of hydrogen-bond acceptors (Lipinski definition) is 7. The number of likely N-dealkylation sites (tertiary alicyclic amines) is 1. The highest BCUT2D eigenvalue weighted by molar-refractivity contribution is 5.97. The van der Waals surface area contributed by atoms with E-state index in [1.165, 1.54) is 0 Å². The molecule has 0 saturated carbocycles. The standard InChI is InChI=1S/C18H26N4O9/c23-13(24)7-10(20-15(27)9-3-1-5-19-9)16(28)21-11(8-14(25)26)17(29)22-6-2-4-12(22)18(30)31/h9-12,19H,1-8H2,(H,20,27)(H,21,28)(H,23,24)(H,25,26)(H,30,31). The van der Waals surface area contributed by atoms with E-state index in [0.29, 0.717) is 19.4 Å². The Morgan fingerprint density at radius 1 is 0.903 bits per heavy atom. The summed E-state index contributed by atoms with van der Waals surface area (Å²) in [6.07, 6.45) is 0.247. The lowest BCUT2D eigenvalue weighted by Gasteiger charge is -2.28. The number of carbonyl (C=O) groups excluding carboxylic acids is 3. The van der Waals surface area contributed by atoms with Crippen molar-refractivity contribution in [1.29, 1.82) is 0 Å². The van der Waals surface area contributed by atoms with Crippen molar-refractivity contribution in [2.45, 2.75) is 62.7 Å². The van der Waals surface area contributed by atoms with E-state index in [0.717, 1.165) is 11.3 Å². The van der Waals surface area contributed by atoms with Crippen molar-refractivity contribution in [3.63, 3.8) is 0 Å². The Kier molecular flexibility index (Phi) is 8.30. The van der Waals surface area contributed by atoms with Crippen molar-refractivity contribution >= 4 is 35.6 Å². The zero-order valence-corrected chi connectivity index (χ0v) is 16.7. The summed E-state index contributed by atoms with van der Waals surface area (Å²) in [4.78, 5) is 72.4.